The van der Waals surface area contributed by atoms with E-state index < -0.39 is 4.92 Å². The van der Waals surface area contributed by atoms with Crippen LogP contribution in [-0.4, -0.2) is 20.0 Å². The molecule has 0 saturated carbocycles. The lowest BCUT2D eigenvalue weighted by Gasteiger charge is -2.03. The second-order valence-corrected chi connectivity index (χ2v) is 3.42. The van der Waals surface area contributed by atoms with Crippen LogP contribution < -0.4 is 5.32 Å². The highest BCUT2D eigenvalue weighted by Gasteiger charge is 2.16. The summed E-state index contributed by atoms with van der Waals surface area (Å²) in [7, 11) is 0. The topological polar surface area (TPSA) is 107 Å². The Bertz CT molecular complexity index is 530. The Morgan fingerprint density at radius 1 is 1.53 bits per heavy atom. The Balaban J connectivity index is 2.17. The van der Waals surface area contributed by atoms with Crippen LogP contribution in [0.1, 0.15) is 5.82 Å². The maximum Gasteiger partial charge on any atom is 0.312 e. The SMILES string of the molecule is O=[N+]([O-])c1cc(Cl)cnc1NCc1ncon1. The van der Waals surface area contributed by atoms with E-state index in [0.29, 0.717) is 5.82 Å². The molecule has 0 amide bonds. The number of nitrogens with zero attached hydrogens (tertiary/aromatic N) is 4. The van der Waals surface area contributed by atoms with Crippen molar-refractivity contribution in [2.45, 2.75) is 6.54 Å². The van der Waals surface area contributed by atoms with Gasteiger partial charge in [0, 0.05) is 12.3 Å². The molecule has 88 valence electrons. The van der Waals surface area contributed by atoms with E-state index >= 15 is 0 Å². The van der Waals surface area contributed by atoms with Crippen LogP contribution in [0.3, 0.4) is 0 Å². The van der Waals surface area contributed by atoms with Crippen molar-refractivity contribution in [1.82, 2.24) is 15.1 Å². The van der Waals surface area contributed by atoms with Gasteiger partial charge in [0.15, 0.2) is 5.82 Å². The maximum absolute atomic E-state index is 10.8. The van der Waals surface area contributed by atoms with Gasteiger partial charge in [-0.15, -0.1) is 0 Å². The van der Waals surface area contributed by atoms with Crippen molar-refractivity contribution in [3.63, 3.8) is 0 Å². The molecule has 0 spiro atoms. The summed E-state index contributed by atoms with van der Waals surface area (Å²) in [4.78, 5) is 17.8. The van der Waals surface area contributed by atoms with Gasteiger partial charge in [0.25, 0.3) is 0 Å². The maximum atomic E-state index is 10.8. The highest BCUT2D eigenvalue weighted by atomic mass is 35.5. The van der Waals surface area contributed by atoms with Crippen molar-refractivity contribution < 1.29 is 9.45 Å². The quantitative estimate of drug-likeness (QED) is 0.653. The Hall–Kier alpha value is -2.22. The minimum Gasteiger partial charge on any atom is -0.357 e. The number of pyridine rings is 1. The summed E-state index contributed by atoms with van der Waals surface area (Å²) in [5.41, 5.74) is -0.207. The fourth-order valence-corrected chi connectivity index (χ4v) is 1.29. The lowest BCUT2D eigenvalue weighted by molar-refractivity contribution is -0.384. The van der Waals surface area contributed by atoms with Gasteiger partial charge in [-0.25, -0.2) is 4.98 Å². The Morgan fingerprint density at radius 3 is 3.00 bits per heavy atom. The van der Waals surface area contributed by atoms with Gasteiger partial charge in [0.1, 0.15) is 0 Å². The number of anilines is 1. The van der Waals surface area contributed by atoms with Crippen LogP contribution in [0.15, 0.2) is 23.2 Å². The van der Waals surface area contributed by atoms with Crippen molar-refractivity contribution >= 4 is 23.1 Å². The molecule has 0 aromatic carbocycles. The minimum absolute atomic E-state index is 0.101. The van der Waals surface area contributed by atoms with E-state index in [0.717, 1.165) is 0 Å². The van der Waals surface area contributed by atoms with Gasteiger partial charge >= 0.3 is 5.69 Å². The van der Waals surface area contributed by atoms with Crippen LogP contribution in [-0.2, 0) is 6.54 Å². The summed E-state index contributed by atoms with van der Waals surface area (Å²) in [6, 6.07) is 1.22. The first-order chi connectivity index (χ1) is 8.16. The van der Waals surface area contributed by atoms with E-state index in [-0.39, 0.29) is 23.1 Å². The molecule has 8 nitrogen and oxygen atoms in total. The molecule has 1 N–H and O–H groups in total. The number of halogens is 1. The molecule has 2 aromatic rings. The molecule has 17 heavy (non-hydrogen) atoms. The summed E-state index contributed by atoms with van der Waals surface area (Å²) in [5.74, 6) is 0.472. The van der Waals surface area contributed by atoms with Crippen molar-refractivity contribution in [2.75, 3.05) is 5.32 Å². The van der Waals surface area contributed by atoms with Gasteiger partial charge in [-0.2, -0.15) is 4.98 Å². The van der Waals surface area contributed by atoms with Crippen molar-refractivity contribution in [2.24, 2.45) is 0 Å². The third kappa shape index (κ3) is 2.67. The smallest absolute Gasteiger partial charge is 0.312 e. The second kappa shape index (κ2) is 4.74. The first kappa shape index (κ1) is 11.3. The van der Waals surface area contributed by atoms with E-state index in [2.05, 4.69) is 25.0 Å². The fraction of sp³-hybridized carbons (Fsp3) is 0.125. The van der Waals surface area contributed by atoms with Crippen LogP contribution in [0, 0.1) is 10.1 Å². The molecule has 0 radical (unpaired) electrons. The first-order valence-corrected chi connectivity index (χ1v) is 4.83. The molecule has 9 heteroatoms. The Labute approximate surface area is 99.8 Å². The molecule has 0 fully saturated rings. The monoisotopic (exact) mass is 255 g/mol. The van der Waals surface area contributed by atoms with Crippen LogP contribution in [0.4, 0.5) is 11.5 Å². The normalized spacial score (nSPS) is 10.2. The number of hydrogen-bond acceptors (Lipinski definition) is 7. The van der Waals surface area contributed by atoms with Gasteiger partial charge in [0.05, 0.1) is 16.5 Å². The number of aromatic nitrogens is 3. The fourth-order valence-electron chi connectivity index (χ4n) is 1.14. The van der Waals surface area contributed by atoms with Crippen molar-refractivity contribution in [3.8, 4) is 0 Å². The Kier molecular flexibility index (Phi) is 3.15. The van der Waals surface area contributed by atoms with Gasteiger partial charge < -0.3 is 9.84 Å². The molecule has 0 bridgehead atoms. The number of rotatable bonds is 4. The van der Waals surface area contributed by atoms with E-state index in [4.69, 9.17) is 11.6 Å². The average Bonchev–Trinajstić information content (AvgIpc) is 2.80. The predicted octanol–water partition coefficient (Wildman–Crippen LogP) is 1.64. The molecule has 0 aliphatic rings. The van der Waals surface area contributed by atoms with E-state index in [1.807, 2.05) is 0 Å². The largest absolute Gasteiger partial charge is 0.357 e. The zero-order valence-corrected chi connectivity index (χ0v) is 9.09. The van der Waals surface area contributed by atoms with E-state index in [9.17, 15) is 10.1 Å². The minimum atomic E-state index is -0.572. The number of nitro groups is 1. The summed E-state index contributed by atoms with van der Waals surface area (Å²) in [6.07, 6.45) is 2.48. The molecule has 2 aromatic heterocycles. The lowest BCUT2D eigenvalue weighted by atomic mass is 10.4. The van der Waals surface area contributed by atoms with Gasteiger partial charge in [-0.1, -0.05) is 16.8 Å². The van der Waals surface area contributed by atoms with Gasteiger partial charge in [0.2, 0.25) is 12.2 Å². The molecule has 0 unspecified atom stereocenters. The molecular weight excluding hydrogens is 250 g/mol. The molecule has 0 aliphatic carbocycles. The third-order valence-electron chi connectivity index (χ3n) is 1.85. The van der Waals surface area contributed by atoms with Gasteiger partial charge in [-0.05, 0) is 0 Å². The Morgan fingerprint density at radius 2 is 2.35 bits per heavy atom. The summed E-state index contributed by atoms with van der Waals surface area (Å²) < 4.78 is 4.52. The number of hydrogen-bond donors (Lipinski definition) is 1. The zero-order valence-electron chi connectivity index (χ0n) is 8.33. The van der Waals surface area contributed by atoms with E-state index in [1.54, 1.807) is 0 Å². The summed E-state index contributed by atoms with van der Waals surface area (Å²) in [6.45, 7) is 0.173. The average molecular weight is 256 g/mol. The molecule has 2 rings (SSSR count). The van der Waals surface area contributed by atoms with Crippen LogP contribution >= 0.6 is 11.6 Å². The molecule has 0 aliphatic heterocycles. The highest BCUT2D eigenvalue weighted by Crippen LogP contribution is 2.25. The molecule has 2 heterocycles. The highest BCUT2D eigenvalue weighted by molar-refractivity contribution is 6.30. The van der Waals surface area contributed by atoms with Crippen molar-refractivity contribution in [1.29, 1.82) is 0 Å². The lowest BCUT2D eigenvalue weighted by Crippen LogP contribution is -2.05. The van der Waals surface area contributed by atoms with Crippen LogP contribution in [0.2, 0.25) is 5.02 Å². The molecular formula is C8H6ClN5O3. The van der Waals surface area contributed by atoms with Crippen LogP contribution in [0.5, 0.6) is 0 Å². The zero-order chi connectivity index (χ0) is 12.3. The predicted molar refractivity (Wildman–Crippen MR) is 57.5 cm³/mol. The van der Waals surface area contributed by atoms with E-state index in [1.165, 1.54) is 18.7 Å². The molecule has 0 saturated heterocycles. The third-order valence-corrected chi connectivity index (χ3v) is 2.06. The van der Waals surface area contributed by atoms with Crippen molar-refractivity contribution in [3.05, 3.63) is 39.6 Å². The standard InChI is InChI=1S/C8H6ClN5O3/c9-5-1-6(14(15)16)8(10-2-5)11-3-7-12-4-17-13-7/h1-2,4H,3H2,(H,10,11). The first-order valence-electron chi connectivity index (χ1n) is 4.46. The second-order valence-electron chi connectivity index (χ2n) is 2.98. The summed E-state index contributed by atoms with van der Waals surface area (Å²) in [5, 5.41) is 17.2. The molecule has 0 atom stereocenters. The number of nitrogens with one attached hydrogen (secondary N) is 1. The summed E-state index contributed by atoms with van der Waals surface area (Å²) >= 11 is 5.63. The van der Waals surface area contributed by atoms with Crippen LogP contribution in [0.25, 0.3) is 0 Å². The van der Waals surface area contributed by atoms with Gasteiger partial charge in [-0.3, -0.25) is 10.1 Å².